The number of hydrogen-bond acceptors (Lipinski definition) is 6. The zero-order chi connectivity index (χ0) is 35.3. The van der Waals surface area contributed by atoms with Gasteiger partial charge in [0.15, 0.2) is 0 Å². The molecule has 2 aromatic carbocycles. The van der Waals surface area contributed by atoms with E-state index in [1.807, 2.05) is 25.1 Å². The van der Waals surface area contributed by atoms with Crippen LogP contribution >= 0.6 is 0 Å². The lowest BCUT2D eigenvalue weighted by Gasteiger charge is -2.39. The minimum Gasteiger partial charge on any atom is -0.497 e. The zero-order valence-corrected chi connectivity index (χ0v) is 30.7. The molecule has 0 N–H and O–H groups in total. The fraction of sp³-hybridized carbons (Fsp3) is 0.636. The summed E-state index contributed by atoms with van der Waals surface area (Å²) in [4.78, 5) is 55.6. The summed E-state index contributed by atoms with van der Waals surface area (Å²) in [5.41, 5.74) is 2.17. The Morgan fingerprint density at radius 2 is 1.36 bits per heavy atom. The molecule has 3 saturated carbocycles. The van der Waals surface area contributed by atoms with E-state index in [4.69, 9.17) is 9.47 Å². The molecule has 270 valence electrons. The van der Waals surface area contributed by atoms with E-state index in [-0.39, 0.29) is 54.4 Å². The summed E-state index contributed by atoms with van der Waals surface area (Å²) in [5, 5.41) is 0. The number of Topliss-reactive ketones (excluding diaryl/α,β-unsaturated/α-hetero) is 4. The van der Waals surface area contributed by atoms with Gasteiger partial charge in [0, 0.05) is 60.5 Å². The highest BCUT2D eigenvalue weighted by atomic mass is 16.5. The quantitative estimate of drug-likeness (QED) is 0.210. The first-order valence-electron chi connectivity index (χ1n) is 19.6. The average molecular weight is 683 g/mol. The maximum Gasteiger partial charge on any atom is 0.142 e. The lowest BCUT2D eigenvalue weighted by molar-refractivity contribution is -0.142. The Balaban J connectivity index is 1.12. The molecule has 0 bridgehead atoms. The molecule has 4 aliphatic carbocycles. The standard InChI is InChI=1S/C44H58O6/c1-44(27-37(45)23-36-21-22-38(49-2)26-42(36)50-3,43(48)33-19-13-30(14-20-33)29-9-5-4-6-10-29)28-41(47)32-17-15-31(16-18-32)39-24-34-11-7-8-12-35(34)25-40(39)46/h7-8,11-12,21-22,26,29-33,39H,4-6,9-10,13-20,23-25,27-28H2,1-3H3. The molecule has 0 spiro atoms. The molecule has 4 aliphatic rings. The Bertz CT molecular complexity index is 1520. The van der Waals surface area contributed by atoms with Crippen LogP contribution in [0.3, 0.4) is 0 Å². The molecule has 0 saturated heterocycles. The number of rotatable bonds is 13. The molecule has 50 heavy (non-hydrogen) atoms. The van der Waals surface area contributed by atoms with Crippen LogP contribution in [0.1, 0.15) is 120 Å². The topological polar surface area (TPSA) is 86.7 Å². The van der Waals surface area contributed by atoms with Gasteiger partial charge in [0.1, 0.15) is 34.6 Å². The van der Waals surface area contributed by atoms with E-state index in [1.54, 1.807) is 20.3 Å². The summed E-state index contributed by atoms with van der Waals surface area (Å²) in [5.74, 6) is 3.37. The van der Waals surface area contributed by atoms with E-state index < -0.39 is 5.41 Å². The van der Waals surface area contributed by atoms with Crippen molar-refractivity contribution in [1.29, 1.82) is 0 Å². The van der Waals surface area contributed by atoms with Gasteiger partial charge in [0.05, 0.1) is 14.2 Å². The van der Waals surface area contributed by atoms with E-state index in [2.05, 4.69) is 18.2 Å². The van der Waals surface area contributed by atoms with Crippen molar-refractivity contribution in [3.05, 3.63) is 59.2 Å². The van der Waals surface area contributed by atoms with Gasteiger partial charge in [0.25, 0.3) is 0 Å². The third-order valence-corrected chi connectivity index (χ3v) is 13.2. The molecule has 2 aromatic rings. The Morgan fingerprint density at radius 3 is 2.04 bits per heavy atom. The predicted molar refractivity (Wildman–Crippen MR) is 195 cm³/mol. The highest BCUT2D eigenvalue weighted by molar-refractivity contribution is 5.97. The van der Waals surface area contributed by atoms with Crippen LogP contribution in [-0.4, -0.2) is 37.4 Å². The molecule has 6 nitrogen and oxygen atoms in total. The highest BCUT2D eigenvalue weighted by Crippen LogP contribution is 2.45. The molecule has 0 radical (unpaired) electrons. The van der Waals surface area contributed by atoms with Crippen LogP contribution in [0.4, 0.5) is 0 Å². The van der Waals surface area contributed by atoms with Gasteiger partial charge in [-0.3, -0.25) is 19.2 Å². The average Bonchev–Trinajstić information content (AvgIpc) is 3.14. The monoisotopic (exact) mass is 682 g/mol. The van der Waals surface area contributed by atoms with Crippen molar-refractivity contribution in [3.63, 3.8) is 0 Å². The molecule has 3 fully saturated rings. The van der Waals surface area contributed by atoms with Crippen molar-refractivity contribution >= 4 is 23.1 Å². The Hall–Kier alpha value is -3.28. The predicted octanol–water partition coefficient (Wildman–Crippen LogP) is 8.92. The van der Waals surface area contributed by atoms with Gasteiger partial charge >= 0.3 is 0 Å². The number of methoxy groups -OCH3 is 2. The number of fused-ring (bicyclic) bond motifs is 1. The summed E-state index contributed by atoms with van der Waals surface area (Å²) in [6.07, 6.45) is 15.4. The Kier molecular flexibility index (Phi) is 12.0. The number of carbonyl (C=O) groups is 4. The summed E-state index contributed by atoms with van der Waals surface area (Å²) < 4.78 is 10.9. The smallest absolute Gasteiger partial charge is 0.142 e. The van der Waals surface area contributed by atoms with E-state index in [0.717, 1.165) is 74.8 Å². The molecule has 0 heterocycles. The fourth-order valence-electron chi connectivity index (χ4n) is 10.3. The normalized spacial score (nSPS) is 27.1. The van der Waals surface area contributed by atoms with Crippen molar-refractivity contribution in [2.45, 2.75) is 122 Å². The first-order valence-corrected chi connectivity index (χ1v) is 19.6. The van der Waals surface area contributed by atoms with Crippen molar-refractivity contribution in [2.75, 3.05) is 14.2 Å². The summed E-state index contributed by atoms with van der Waals surface area (Å²) in [6.45, 7) is 1.90. The van der Waals surface area contributed by atoms with Crippen LogP contribution < -0.4 is 9.47 Å². The van der Waals surface area contributed by atoms with Gasteiger partial charge in [-0.05, 0) is 92.7 Å². The summed E-state index contributed by atoms with van der Waals surface area (Å²) >= 11 is 0. The van der Waals surface area contributed by atoms with Crippen LogP contribution in [0.15, 0.2) is 42.5 Å². The largest absolute Gasteiger partial charge is 0.497 e. The van der Waals surface area contributed by atoms with Crippen LogP contribution in [-0.2, 0) is 38.4 Å². The van der Waals surface area contributed by atoms with Gasteiger partial charge in [-0.1, -0.05) is 69.4 Å². The van der Waals surface area contributed by atoms with Gasteiger partial charge in [0.2, 0.25) is 0 Å². The third-order valence-electron chi connectivity index (χ3n) is 13.2. The second-order valence-corrected chi connectivity index (χ2v) is 16.5. The molecule has 6 heteroatoms. The van der Waals surface area contributed by atoms with Crippen LogP contribution in [0.2, 0.25) is 0 Å². The zero-order valence-electron chi connectivity index (χ0n) is 30.7. The summed E-state index contributed by atoms with van der Waals surface area (Å²) in [6, 6.07) is 13.7. The number of ketones is 4. The SMILES string of the molecule is COc1ccc(CC(=O)CC(C)(CC(=O)C2CCC(C3Cc4ccccc4CC3=O)CC2)C(=O)C2CCC(C3CCCCC3)CC2)c(OC)c1. The van der Waals surface area contributed by atoms with E-state index in [9.17, 15) is 19.2 Å². The van der Waals surface area contributed by atoms with Gasteiger partial charge < -0.3 is 9.47 Å². The fourth-order valence-corrected chi connectivity index (χ4v) is 10.3. The molecule has 0 amide bonds. The number of hydrogen-bond donors (Lipinski definition) is 0. The van der Waals surface area contributed by atoms with Crippen molar-refractivity contribution in [1.82, 2.24) is 0 Å². The van der Waals surface area contributed by atoms with Crippen LogP contribution in [0, 0.1) is 40.9 Å². The second-order valence-electron chi connectivity index (χ2n) is 16.5. The lowest BCUT2D eigenvalue weighted by Crippen LogP contribution is -2.41. The molecule has 6 rings (SSSR count). The Labute approximate surface area is 299 Å². The third kappa shape index (κ3) is 8.43. The van der Waals surface area contributed by atoms with Gasteiger partial charge in [-0.25, -0.2) is 0 Å². The Morgan fingerprint density at radius 1 is 0.720 bits per heavy atom. The second kappa shape index (κ2) is 16.4. The van der Waals surface area contributed by atoms with Crippen molar-refractivity contribution < 1.29 is 28.7 Å². The van der Waals surface area contributed by atoms with Crippen LogP contribution in [0.5, 0.6) is 11.5 Å². The molecular formula is C44H58O6. The minimum atomic E-state index is -1.03. The maximum atomic E-state index is 14.5. The highest BCUT2D eigenvalue weighted by Gasteiger charge is 2.44. The first-order chi connectivity index (χ1) is 24.2. The van der Waals surface area contributed by atoms with E-state index in [1.165, 1.54) is 37.7 Å². The van der Waals surface area contributed by atoms with E-state index >= 15 is 0 Å². The van der Waals surface area contributed by atoms with Crippen molar-refractivity contribution in [3.8, 4) is 11.5 Å². The van der Waals surface area contributed by atoms with Crippen LogP contribution in [0.25, 0.3) is 0 Å². The number of benzene rings is 2. The molecule has 2 atom stereocenters. The van der Waals surface area contributed by atoms with E-state index in [0.29, 0.717) is 35.5 Å². The maximum absolute atomic E-state index is 14.5. The molecule has 0 aromatic heterocycles. The summed E-state index contributed by atoms with van der Waals surface area (Å²) in [7, 11) is 3.17. The van der Waals surface area contributed by atoms with Gasteiger partial charge in [-0.2, -0.15) is 0 Å². The number of carbonyl (C=O) groups excluding carboxylic acids is 4. The van der Waals surface area contributed by atoms with Crippen molar-refractivity contribution in [2.24, 2.45) is 40.9 Å². The number of ether oxygens (including phenoxy) is 2. The lowest BCUT2D eigenvalue weighted by atomic mass is 9.64. The molecular weight excluding hydrogens is 624 g/mol. The first kappa shape index (κ1) is 36.5. The van der Waals surface area contributed by atoms with Gasteiger partial charge in [-0.15, -0.1) is 0 Å². The minimum absolute atomic E-state index is 0.0316. The molecule has 2 unspecified atom stereocenters. The molecule has 0 aliphatic heterocycles.